The van der Waals surface area contributed by atoms with Crippen LogP contribution < -0.4 is 5.32 Å². The minimum atomic E-state index is -4.76. The Labute approximate surface area is 160 Å². The maximum absolute atomic E-state index is 13.0. The van der Waals surface area contributed by atoms with Gasteiger partial charge in [0.25, 0.3) is 5.91 Å². The number of carbonyl (C=O) groups excluding carboxylic acids is 1. The molecule has 2 heterocycles. The number of anilines is 1. The molecule has 1 N–H and O–H groups in total. The first-order valence-corrected chi connectivity index (χ1v) is 10.1. The van der Waals surface area contributed by atoms with Gasteiger partial charge in [-0.15, -0.1) is 0 Å². The first kappa shape index (κ1) is 20.3. The number of alkyl halides is 3. The second kappa shape index (κ2) is 7.55. The smallest absolute Gasteiger partial charge is 0.322 e. The molecule has 0 bridgehead atoms. The SMILES string of the molecule is Cn1cc(C(=O)Nc2ccc(S(=O)(=O)N3CCCCC3)cc2)c(C(F)(F)F)n1. The van der Waals surface area contributed by atoms with Crippen LogP contribution in [-0.4, -0.2) is 41.5 Å². The Hall–Kier alpha value is -2.40. The minimum absolute atomic E-state index is 0.0738. The van der Waals surface area contributed by atoms with Gasteiger partial charge in [0.05, 0.1) is 10.5 Å². The lowest BCUT2D eigenvalue weighted by atomic mass is 10.2. The van der Waals surface area contributed by atoms with Crippen LogP contribution >= 0.6 is 0 Å². The summed E-state index contributed by atoms with van der Waals surface area (Å²) in [5.41, 5.74) is -1.71. The Morgan fingerprint density at radius 3 is 2.29 bits per heavy atom. The minimum Gasteiger partial charge on any atom is -0.322 e. The number of benzene rings is 1. The predicted molar refractivity (Wildman–Crippen MR) is 95.2 cm³/mol. The first-order chi connectivity index (χ1) is 13.1. The lowest BCUT2D eigenvalue weighted by Crippen LogP contribution is -2.35. The van der Waals surface area contributed by atoms with E-state index in [1.54, 1.807) is 0 Å². The highest BCUT2D eigenvalue weighted by Crippen LogP contribution is 2.31. The Balaban J connectivity index is 1.77. The zero-order chi connectivity index (χ0) is 20.5. The van der Waals surface area contributed by atoms with Crippen molar-refractivity contribution in [2.24, 2.45) is 7.05 Å². The summed E-state index contributed by atoms with van der Waals surface area (Å²) >= 11 is 0. The highest BCUT2D eigenvalue weighted by atomic mass is 32.2. The summed E-state index contributed by atoms with van der Waals surface area (Å²) in [7, 11) is -2.34. The molecule has 1 aliphatic rings. The number of halogens is 3. The van der Waals surface area contributed by atoms with Gasteiger partial charge in [-0.05, 0) is 37.1 Å². The molecule has 1 saturated heterocycles. The van der Waals surface area contributed by atoms with Gasteiger partial charge in [-0.25, -0.2) is 8.42 Å². The summed E-state index contributed by atoms with van der Waals surface area (Å²) < 4.78 is 66.5. The summed E-state index contributed by atoms with van der Waals surface area (Å²) in [5.74, 6) is -0.980. The third-order valence-electron chi connectivity index (χ3n) is 4.41. The second-order valence-corrected chi connectivity index (χ2v) is 8.44. The molecule has 0 atom stereocenters. The van der Waals surface area contributed by atoms with Crippen LogP contribution in [0.15, 0.2) is 35.4 Å². The molecular formula is C17H19F3N4O3S. The van der Waals surface area contributed by atoms with Crippen molar-refractivity contribution in [3.05, 3.63) is 41.7 Å². The maximum Gasteiger partial charge on any atom is 0.435 e. The summed E-state index contributed by atoms with van der Waals surface area (Å²) in [6.45, 7) is 0.921. The number of carbonyl (C=O) groups is 1. The highest BCUT2D eigenvalue weighted by Gasteiger charge is 2.39. The van der Waals surface area contributed by atoms with Gasteiger partial charge in [0.15, 0.2) is 5.69 Å². The Kier molecular flexibility index (Phi) is 5.48. The number of nitrogens with one attached hydrogen (secondary N) is 1. The molecule has 1 amide bonds. The van der Waals surface area contributed by atoms with Gasteiger partial charge >= 0.3 is 6.18 Å². The van der Waals surface area contributed by atoms with E-state index in [2.05, 4.69) is 10.4 Å². The molecule has 0 saturated carbocycles. The van der Waals surface area contributed by atoms with E-state index >= 15 is 0 Å². The number of aryl methyl sites for hydroxylation is 1. The fraction of sp³-hybridized carbons (Fsp3) is 0.412. The number of rotatable bonds is 4. The van der Waals surface area contributed by atoms with Crippen LogP contribution in [0, 0.1) is 0 Å². The van der Waals surface area contributed by atoms with Crippen molar-refractivity contribution < 1.29 is 26.4 Å². The first-order valence-electron chi connectivity index (χ1n) is 8.61. The van der Waals surface area contributed by atoms with E-state index in [1.165, 1.54) is 35.6 Å². The molecule has 1 aromatic heterocycles. The monoisotopic (exact) mass is 416 g/mol. The Bertz CT molecular complexity index is 963. The van der Waals surface area contributed by atoms with Gasteiger partial charge in [0, 0.05) is 32.0 Å². The van der Waals surface area contributed by atoms with Crippen LogP contribution in [0.25, 0.3) is 0 Å². The molecule has 152 valence electrons. The fourth-order valence-electron chi connectivity index (χ4n) is 3.03. The normalized spacial score (nSPS) is 16.1. The number of hydrogen-bond donors (Lipinski definition) is 1. The van der Waals surface area contributed by atoms with Crippen molar-refractivity contribution in [1.82, 2.24) is 14.1 Å². The Morgan fingerprint density at radius 1 is 1.11 bits per heavy atom. The molecule has 0 aliphatic carbocycles. The van der Waals surface area contributed by atoms with Crippen molar-refractivity contribution in [2.75, 3.05) is 18.4 Å². The summed E-state index contributed by atoms with van der Waals surface area (Å²) in [6.07, 6.45) is -1.18. The molecule has 28 heavy (non-hydrogen) atoms. The van der Waals surface area contributed by atoms with E-state index in [9.17, 15) is 26.4 Å². The van der Waals surface area contributed by atoms with Crippen molar-refractivity contribution in [3.63, 3.8) is 0 Å². The molecule has 1 aromatic carbocycles. The van der Waals surface area contributed by atoms with E-state index in [0.717, 1.165) is 30.1 Å². The molecule has 1 fully saturated rings. The van der Waals surface area contributed by atoms with Gasteiger partial charge in [-0.1, -0.05) is 6.42 Å². The van der Waals surface area contributed by atoms with Crippen molar-refractivity contribution in [1.29, 1.82) is 0 Å². The maximum atomic E-state index is 13.0. The van der Waals surface area contributed by atoms with E-state index in [1.807, 2.05) is 0 Å². The van der Waals surface area contributed by atoms with Gasteiger partial charge < -0.3 is 5.32 Å². The lowest BCUT2D eigenvalue weighted by Gasteiger charge is -2.25. The highest BCUT2D eigenvalue weighted by molar-refractivity contribution is 7.89. The van der Waals surface area contributed by atoms with Crippen LogP contribution in [0.1, 0.15) is 35.3 Å². The number of sulfonamides is 1. The van der Waals surface area contributed by atoms with Gasteiger partial charge in [-0.2, -0.15) is 22.6 Å². The number of piperidine rings is 1. The van der Waals surface area contributed by atoms with Crippen molar-refractivity contribution in [2.45, 2.75) is 30.3 Å². The Morgan fingerprint density at radius 2 is 1.71 bits per heavy atom. The molecular weight excluding hydrogens is 397 g/mol. The van der Waals surface area contributed by atoms with Crippen LogP contribution in [0.4, 0.5) is 18.9 Å². The third-order valence-corrected chi connectivity index (χ3v) is 6.32. The fourth-order valence-corrected chi connectivity index (χ4v) is 4.54. The summed E-state index contributed by atoms with van der Waals surface area (Å²) in [5, 5.41) is 5.63. The van der Waals surface area contributed by atoms with Gasteiger partial charge in [-0.3, -0.25) is 9.48 Å². The molecule has 11 heteroatoms. The van der Waals surface area contributed by atoms with E-state index in [0.29, 0.717) is 13.1 Å². The van der Waals surface area contributed by atoms with Crippen LogP contribution in [-0.2, 0) is 23.2 Å². The molecule has 1 aliphatic heterocycles. The average Bonchev–Trinajstić information content (AvgIpc) is 3.05. The summed E-state index contributed by atoms with van der Waals surface area (Å²) in [4.78, 5) is 12.3. The standard InChI is InChI=1S/C17H19F3N4O3S/c1-23-11-14(15(22-23)17(18,19)20)16(25)21-12-5-7-13(8-6-12)28(26,27)24-9-3-2-4-10-24/h5-8,11H,2-4,9-10H2,1H3,(H,21,25). The molecule has 0 unspecified atom stereocenters. The van der Waals surface area contributed by atoms with Gasteiger partial charge in [0.1, 0.15) is 0 Å². The summed E-state index contributed by atoms with van der Waals surface area (Å²) in [6, 6.07) is 5.34. The van der Waals surface area contributed by atoms with Crippen molar-refractivity contribution >= 4 is 21.6 Å². The number of amides is 1. The topological polar surface area (TPSA) is 84.3 Å². The molecule has 0 spiro atoms. The van der Waals surface area contributed by atoms with E-state index < -0.39 is 33.4 Å². The largest absolute Gasteiger partial charge is 0.435 e. The number of hydrogen-bond acceptors (Lipinski definition) is 4. The predicted octanol–water partition coefficient (Wildman–Crippen LogP) is 2.87. The average molecular weight is 416 g/mol. The number of nitrogens with zero attached hydrogens (tertiary/aromatic N) is 3. The number of aromatic nitrogens is 2. The molecule has 0 radical (unpaired) electrons. The van der Waals surface area contributed by atoms with Crippen LogP contribution in [0.2, 0.25) is 0 Å². The van der Waals surface area contributed by atoms with Gasteiger partial charge in [0.2, 0.25) is 10.0 Å². The second-order valence-electron chi connectivity index (χ2n) is 6.51. The zero-order valence-electron chi connectivity index (χ0n) is 15.0. The quantitative estimate of drug-likeness (QED) is 0.831. The van der Waals surface area contributed by atoms with E-state index in [4.69, 9.17) is 0 Å². The lowest BCUT2D eigenvalue weighted by molar-refractivity contribution is -0.141. The molecule has 2 aromatic rings. The molecule has 3 rings (SSSR count). The van der Waals surface area contributed by atoms with Crippen LogP contribution in [0.3, 0.4) is 0 Å². The van der Waals surface area contributed by atoms with E-state index in [-0.39, 0.29) is 10.6 Å². The van der Waals surface area contributed by atoms with Crippen LogP contribution in [0.5, 0.6) is 0 Å². The van der Waals surface area contributed by atoms with Crippen molar-refractivity contribution in [3.8, 4) is 0 Å². The third kappa shape index (κ3) is 4.20. The molecule has 7 nitrogen and oxygen atoms in total. The zero-order valence-corrected chi connectivity index (χ0v) is 15.8.